The van der Waals surface area contributed by atoms with Crippen molar-refractivity contribution in [2.24, 2.45) is 0 Å². The first-order valence-electron chi connectivity index (χ1n) is 6.12. The zero-order valence-corrected chi connectivity index (χ0v) is 12.0. The molecule has 0 unspecified atom stereocenters. The molecule has 1 aromatic heterocycles. The minimum absolute atomic E-state index is 0.119. The summed E-state index contributed by atoms with van der Waals surface area (Å²) in [6.07, 6.45) is 0.753. The van der Waals surface area contributed by atoms with Gasteiger partial charge in [-0.25, -0.2) is 0 Å². The number of hydrogen-bond donors (Lipinski definition) is 2. The lowest BCUT2D eigenvalue weighted by Crippen LogP contribution is -2.48. The van der Waals surface area contributed by atoms with Crippen LogP contribution in [0.3, 0.4) is 0 Å². The Bertz CT molecular complexity index is 522. The molecule has 0 spiro atoms. The Hall–Kier alpha value is -1.96. The molecule has 0 atom stereocenters. The van der Waals surface area contributed by atoms with Gasteiger partial charge in [-0.2, -0.15) is 0 Å². The van der Waals surface area contributed by atoms with Crippen molar-refractivity contribution in [1.29, 1.82) is 0 Å². The van der Waals surface area contributed by atoms with Crippen LogP contribution in [0.1, 0.15) is 42.8 Å². The van der Waals surface area contributed by atoms with Crippen molar-refractivity contribution < 1.29 is 19.6 Å². The van der Waals surface area contributed by atoms with Gasteiger partial charge in [-0.05, 0) is 18.9 Å². The largest absolute Gasteiger partial charge is 0.481 e. The Morgan fingerprint density at radius 3 is 2.40 bits per heavy atom. The number of hydrogen-bond acceptors (Lipinski definition) is 5. The number of nitro groups is 1. The summed E-state index contributed by atoms with van der Waals surface area (Å²) in [5, 5.41) is 22.1. The molecule has 0 aromatic carbocycles. The number of nitrogens with one attached hydrogen (secondary N) is 1. The molecular weight excluding hydrogens is 284 g/mol. The van der Waals surface area contributed by atoms with Crippen molar-refractivity contribution in [2.75, 3.05) is 0 Å². The molecule has 8 heteroatoms. The van der Waals surface area contributed by atoms with E-state index in [4.69, 9.17) is 5.11 Å². The molecule has 0 radical (unpaired) electrons. The third-order valence-electron chi connectivity index (χ3n) is 3.22. The van der Waals surface area contributed by atoms with Gasteiger partial charge in [0.05, 0.1) is 21.8 Å². The van der Waals surface area contributed by atoms with Gasteiger partial charge in [0.25, 0.3) is 5.91 Å². The molecule has 0 fully saturated rings. The van der Waals surface area contributed by atoms with Gasteiger partial charge in [0.1, 0.15) is 0 Å². The Morgan fingerprint density at radius 2 is 2.00 bits per heavy atom. The summed E-state index contributed by atoms with van der Waals surface area (Å²) < 4.78 is 0. The molecule has 0 saturated heterocycles. The number of aliphatic carboxylic acids is 1. The summed E-state index contributed by atoms with van der Waals surface area (Å²) in [7, 11) is 0. The highest BCUT2D eigenvalue weighted by Gasteiger charge is 2.32. The van der Waals surface area contributed by atoms with Gasteiger partial charge in [-0.15, -0.1) is 0 Å². The molecule has 0 saturated carbocycles. The van der Waals surface area contributed by atoms with E-state index in [0.29, 0.717) is 12.8 Å². The summed E-state index contributed by atoms with van der Waals surface area (Å²) >= 11 is 0.771. The number of amides is 1. The molecule has 20 heavy (non-hydrogen) atoms. The number of carboxylic acid groups (broad SMARTS) is 1. The maximum atomic E-state index is 12.1. The molecular formula is C12H16N2O5S. The third kappa shape index (κ3) is 3.77. The lowest BCUT2D eigenvalue weighted by Gasteiger charge is -2.31. The molecule has 0 aliphatic heterocycles. The molecule has 0 aliphatic carbocycles. The number of carbonyl (C=O) groups excluding carboxylic acids is 1. The van der Waals surface area contributed by atoms with E-state index in [1.54, 1.807) is 13.8 Å². The topological polar surface area (TPSA) is 110 Å². The van der Waals surface area contributed by atoms with Crippen LogP contribution in [0.2, 0.25) is 0 Å². The standard InChI is InChI=1S/C12H16N2O5S/c1-3-12(4-2,7-10(15)16)13-11(17)8-5-6-9(20-8)14(18)19/h5-6H,3-4,7H2,1-2H3,(H,13,17)(H,15,16). The van der Waals surface area contributed by atoms with Crippen LogP contribution in [-0.2, 0) is 4.79 Å². The smallest absolute Gasteiger partial charge is 0.324 e. The maximum Gasteiger partial charge on any atom is 0.324 e. The average Bonchev–Trinajstić information content (AvgIpc) is 2.87. The van der Waals surface area contributed by atoms with Crippen LogP contribution >= 0.6 is 11.3 Å². The fourth-order valence-electron chi connectivity index (χ4n) is 1.86. The second kappa shape index (κ2) is 6.47. The van der Waals surface area contributed by atoms with Gasteiger partial charge >= 0.3 is 11.0 Å². The number of thiophene rings is 1. The number of nitrogens with zero attached hydrogens (tertiary/aromatic N) is 1. The highest BCUT2D eigenvalue weighted by molar-refractivity contribution is 7.17. The first-order valence-corrected chi connectivity index (χ1v) is 6.93. The molecule has 0 bridgehead atoms. The second-order valence-electron chi connectivity index (χ2n) is 4.41. The number of carboxylic acids is 1. The Kier molecular flexibility index (Phi) is 5.20. The predicted octanol–water partition coefficient (Wildman–Crippen LogP) is 2.42. The van der Waals surface area contributed by atoms with Gasteiger partial charge in [0.2, 0.25) is 0 Å². The van der Waals surface area contributed by atoms with E-state index in [2.05, 4.69) is 5.32 Å². The van der Waals surface area contributed by atoms with Crippen LogP contribution in [0.15, 0.2) is 12.1 Å². The predicted molar refractivity (Wildman–Crippen MR) is 74.0 cm³/mol. The van der Waals surface area contributed by atoms with E-state index in [9.17, 15) is 19.7 Å². The van der Waals surface area contributed by atoms with Gasteiger partial charge in [-0.1, -0.05) is 25.2 Å². The summed E-state index contributed by atoms with van der Waals surface area (Å²) in [6.45, 7) is 3.59. The van der Waals surface area contributed by atoms with Crippen LogP contribution < -0.4 is 5.32 Å². The molecule has 7 nitrogen and oxygen atoms in total. The second-order valence-corrected chi connectivity index (χ2v) is 5.47. The van der Waals surface area contributed by atoms with Crippen LogP contribution in [0.4, 0.5) is 5.00 Å². The SMILES string of the molecule is CCC(CC)(CC(=O)O)NC(=O)c1ccc([N+](=O)[O-])s1. The minimum atomic E-state index is -0.994. The van der Waals surface area contributed by atoms with Crippen molar-refractivity contribution in [2.45, 2.75) is 38.6 Å². The minimum Gasteiger partial charge on any atom is -0.481 e. The summed E-state index contributed by atoms with van der Waals surface area (Å²) in [6, 6.07) is 2.63. The first-order chi connectivity index (χ1) is 9.33. The summed E-state index contributed by atoms with van der Waals surface area (Å²) in [5.41, 5.74) is -0.832. The normalized spacial score (nSPS) is 11.1. The molecule has 1 amide bonds. The van der Waals surface area contributed by atoms with Crippen molar-refractivity contribution in [1.82, 2.24) is 5.32 Å². The fourth-order valence-corrected chi connectivity index (χ4v) is 2.58. The molecule has 110 valence electrons. The Balaban J connectivity index is 2.89. The number of carbonyl (C=O) groups is 2. The first kappa shape index (κ1) is 16.1. The average molecular weight is 300 g/mol. The van der Waals surface area contributed by atoms with Crippen LogP contribution in [-0.4, -0.2) is 27.4 Å². The highest BCUT2D eigenvalue weighted by atomic mass is 32.1. The van der Waals surface area contributed by atoms with E-state index in [1.807, 2.05) is 0 Å². The van der Waals surface area contributed by atoms with Gasteiger partial charge < -0.3 is 10.4 Å². The molecule has 2 N–H and O–H groups in total. The van der Waals surface area contributed by atoms with Gasteiger partial charge in [0.15, 0.2) is 0 Å². The van der Waals surface area contributed by atoms with Crippen molar-refractivity contribution in [3.63, 3.8) is 0 Å². The quantitative estimate of drug-likeness (QED) is 0.593. The van der Waals surface area contributed by atoms with Gasteiger partial charge in [0, 0.05) is 6.07 Å². The van der Waals surface area contributed by atoms with E-state index in [1.165, 1.54) is 12.1 Å². The van der Waals surface area contributed by atoms with Crippen molar-refractivity contribution in [3.8, 4) is 0 Å². The molecule has 1 aromatic rings. The van der Waals surface area contributed by atoms with E-state index in [0.717, 1.165) is 11.3 Å². The highest BCUT2D eigenvalue weighted by Crippen LogP contribution is 2.26. The van der Waals surface area contributed by atoms with E-state index >= 15 is 0 Å². The third-order valence-corrected chi connectivity index (χ3v) is 4.25. The maximum absolute atomic E-state index is 12.1. The zero-order chi connectivity index (χ0) is 15.3. The Labute approximate surface area is 119 Å². The molecule has 1 rings (SSSR count). The lowest BCUT2D eigenvalue weighted by molar-refractivity contribution is -0.380. The van der Waals surface area contributed by atoms with Crippen LogP contribution in [0.25, 0.3) is 0 Å². The Morgan fingerprint density at radius 1 is 1.40 bits per heavy atom. The lowest BCUT2D eigenvalue weighted by atomic mass is 9.89. The number of rotatable bonds is 7. The molecule has 1 heterocycles. The van der Waals surface area contributed by atoms with Crippen molar-refractivity contribution in [3.05, 3.63) is 27.1 Å². The van der Waals surface area contributed by atoms with Crippen molar-refractivity contribution >= 4 is 28.2 Å². The summed E-state index contributed by atoms with van der Waals surface area (Å²) in [4.78, 5) is 33.2. The van der Waals surface area contributed by atoms with Crippen LogP contribution in [0, 0.1) is 10.1 Å². The summed E-state index contributed by atoms with van der Waals surface area (Å²) in [5.74, 6) is -1.47. The fraction of sp³-hybridized carbons (Fsp3) is 0.500. The van der Waals surface area contributed by atoms with Gasteiger partial charge in [-0.3, -0.25) is 19.7 Å². The zero-order valence-electron chi connectivity index (χ0n) is 11.2. The van der Waals surface area contributed by atoms with E-state index in [-0.39, 0.29) is 16.3 Å². The molecule has 0 aliphatic rings. The monoisotopic (exact) mass is 300 g/mol. The van der Waals surface area contributed by atoms with E-state index < -0.39 is 22.3 Å². The van der Waals surface area contributed by atoms with Crippen LogP contribution in [0.5, 0.6) is 0 Å².